The molecule has 96 valence electrons. The van der Waals surface area contributed by atoms with Crippen molar-refractivity contribution >= 4 is 5.97 Å². The summed E-state index contributed by atoms with van der Waals surface area (Å²) in [6.45, 7) is 8.40. The van der Waals surface area contributed by atoms with Crippen LogP contribution in [0.25, 0.3) is 0 Å². The number of esters is 1. The molecule has 0 aliphatic heterocycles. The summed E-state index contributed by atoms with van der Waals surface area (Å²) < 4.78 is 4.86. The predicted octanol–water partition coefficient (Wildman–Crippen LogP) is 2.91. The van der Waals surface area contributed by atoms with Crippen LogP contribution in [0.4, 0.5) is 0 Å². The molecule has 0 aromatic rings. The van der Waals surface area contributed by atoms with Gasteiger partial charge in [0.15, 0.2) is 0 Å². The molecule has 0 aromatic carbocycles. The average molecular weight is 230 g/mol. The van der Waals surface area contributed by atoms with Gasteiger partial charge in [-0.25, -0.2) is 0 Å². The summed E-state index contributed by atoms with van der Waals surface area (Å²) in [6, 6.07) is 0. The first-order valence-electron chi connectivity index (χ1n) is 6.15. The van der Waals surface area contributed by atoms with E-state index in [9.17, 15) is 4.79 Å². The molecule has 0 saturated heterocycles. The second-order valence-electron chi connectivity index (χ2n) is 5.65. The van der Waals surface area contributed by atoms with Gasteiger partial charge in [-0.15, -0.1) is 0 Å². The number of carbonyl (C=O) groups excluding carboxylic acids is 1. The molecule has 0 aliphatic carbocycles. The maximum absolute atomic E-state index is 11.2. The highest BCUT2D eigenvalue weighted by Crippen LogP contribution is 2.22. The van der Waals surface area contributed by atoms with E-state index in [1.54, 1.807) is 6.92 Å². The van der Waals surface area contributed by atoms with Crippen LogP contribution in [0.3, 0.4) is 0 Å². The molecule has 0 aliphatic rings. The average Bonchev–Trinajstić information content (AvgIpc) is 2.12. The summed E-state index contributed by atoms with van der Waals surface area (Å²) in [5, 5.41) is 8.92. The molecule has 0 rings (SSSR count). The summed E-state index contributed by atoms with van der Waals surface area (Å²) in [4.78, 5) is 11.2. The number of hydrogen-bond acceptors (Lipinski definition) is 3. The molecule has 0 amide bonds. The van der Waals surface area contributed by atoms with E-state index in [2.05, 4.69) is 20.8 Å². The lowest BCUT2D eigenvalue weighted by Crippen LogP contribution is -2.15. The van der Waals surface area contributed by atoms with Crippen LogP contribution in [-0.4, -0.2) is 23.8 Å². The zero-order valence-corrected chi connectivity index (χ0v) is 11.1. The van der Waals surface area contributed by atoms with Gasteiger partial charge in [-0.1, -0.05) is 33.6 Å². The molecular weight excluding hydrogens is 204 g/mol. The van der Waals surface area contributed by atoms with Crippen LogP contribution < -0.4 is 0 Å². The standard InChI is InChI=1S/C13H26O3/c1-11(14)10-16-12(15)8-6-5-7-9-13(2,3)4/h11,14H,5-10H2,1-4H3/t11-/m1/s1. The van der Waals surface area contributed by atoms with Gasteiger partial charge >= 0.3 is 5.97 Å². The number of ether oxygens (including phenoxy) is 1. The van der Waals surface area contributed by atoms with Crippen LogP contribution in [-0.2, 0) is 9.53 Å². The Morgan fingerprint density at radius 2 is 1.88 bits per heavy atom. The van der Waals surface area contributed by atoms with Crippen molar-refractivity contribution in [3.8, 4) is 0 Å². The molecule has 16 heavy (non-hydrogen) atoms. The van der Waals surface area contributed by atoms with E-state index in [0.717, 1.165) is 19.3 Å². The number of rotatable bonds is 7. The van der Waals surface area contributed by atoms with Crippen molar-refractivity contribution in [1.82, 2.24) is 0 Å². The highest BCUT2D eigenvalue weighted by atomic mass is 16.5. The first-order chi connectivity index (χ1) is 7.31. The van der Waals surface area contributed by atoms with E-state index in [1.165, 1.54) is 6.42 Å². The first kappa shape index (κ1) is 15.4. The van der Waals surface area contributed by atoms with Gasteiger partial charge in [-0.3, -0.25) is 4.79 Å². The maximum atomic E-state index is 11.2. The zero-order chi connectivity index (χ0) is 12.6. The molecule has 0 saturated carbocycles. The van der Waals surface area contributed by atoms with Gasteiger partial charge in [-0.2, -0.15) is 0 Å². The van der Waals surface area contributed by atoms with Crippen molar-refractivity contribution in [2.45, 2.75) is 65.9 Å². The SMILES string of the molecule is C[C@@H](O)COC(=O)CCCCCC(C)(C)C. The Morgan fingerprint density at radius 1 is 1.25 bits per heavy atom. The molecular formula is C13H26O3. The normalized spacial score (nSPS) is 13.6. The molecule has 0 spiro atoms. The van der Waals surface area contributed by atoms with Gasteiger partial charge in [0.1, 0.15) is 6.61 Å². The number of unbranched alkanes of at least 4 members (excludes halogenated alkanes) is 2. The Labute approximate surface area is 99.2 Å². The lowest BCUT2D eigenvalue weighted by molar-refractivity contribution is -0.146. The third-order valence-corrected chi connectivity index (χ3v) is 2.29. The van der Waals surface area contributed by atoms with Crippen molar-refractivity contribution in [1.29, 1.82) is 0 Å². The van der Waals surface area contributed by atoms with Crippen LogP contribution in [0, 0.1) is 5.41 Å². The van der Waals surface area contributed by atoms with Gasteiger partial charge in [0, 0.05) is 6.42 Å². The van der Waals surface area contributed by atoms with Crippen LogP contribution in [0.2, 0.25) is 0 Å². The Morgan fingerprint density at radius 3 is 2.38 bits per heavy atom. The molecule has 0 aromatic heterocycles. The van der Waals surface area contributed by atoms with E-state index < -0.39 is 6.10 Å². The van der Waals surface area contributed by atoms with E-state index in [0.29, 0.717) is 11.8 Å². The minimum Gasteiger partial charge on any atom is -0.463 e. The van der Waals surface area contributed by atoms with Crippen LogP contribution in [0.15, 0.2) is 0 Å². The fourth-order valence-corrected chi connectivity index (χ4v) is 1.39. The number of carbonyl (C=O) groups is 1. The molecule has 0 fully saturated rings. The summed E-state index contributed by atoms with van der Waals surface area (Å²) in [5.74, 6) is -0.198. The van der Waals surface area contributed by atoms with Crippen LogP contribution >= 0.6 is 0 Å². The molecule has 3 heteroatoms. The van der Waals surface area contributed by atoms with E-state index in [1.807, 2.05) is 0 Å². The fraction of sp³-hybridized carbons (Fsp3) is 0.923. The lowest BCUT2D eigenvalue weighted by atomic mass is 9.89. The first-order valence-corrected chi connectivity index (χ1v) is 6.15. The second kappa shape index (κ2) is 7.66. The van der Waals surface area contributed by atoms with Crippen molar-refractivity contribution in [2.75, 3.05) is 6.61 Å². The minimum absolute atomic E-state index is 0.112. The largest absolute Gasteiger partial charge is 0.463 e. The number of aliphatic hydroxyl groups excluding tert-OH is 1. The third-order valence-electron chi connectivity index (χ3n) is 2.29. The summed E-state index contributed by atoms with van der Waals surface area (Å²) in [6.07, 6.45) is 4.21. The molecule has 3 nitrogen and oxygen atoms in total. The van der Waals surface area contributed by atoms with E-state index >= 15 is 0 Å². The topological polar surface area (TPSA) is 46.5 Å². The zero-order valence-electron chi connectivity index (χ0n) is 11.1. The van der Waals surface area contributed by atoms with Crippen molar-refractivity contribution in [3.63, 3.8) is 0 Å². The summed E-state index contributed by atoms with van der Waals surface area (Å²) in [7, 11) is 0. The highest BCUT2D eigenvalue weighted by molar-refractivity contribution is 5.69. The minimum atomic E-state index is -0.565. The smallest absolute Gasteiger partial charge is 0.305 e. The number of hydrogen-bond donors (Lipinski definition) is 1. The summed E-state index contributed by atoms with van der Waals surface area (Å²) in [5.41, 5.74) is 0.382. The maximum Gasteiger partial charge on any atom is 0.305 e. The molecule has 1 atom stereocenters. The van der Waals surface area contributed by atoms with Gasteiger partial charge in [-0.05, 0) is 25.2 Å². The van der Waals surface area contributed by atoms with Gasteiger partial charge in [0.2, 0.25) is 0 Å². The lowest BCUT2D eigenvalue weighted by Gasteiger charge is -2.17. The van der Waals surface area contributed by atoms with Crippen LogP contribution in [0.5, 0.6) is 0 Å². The molecule has 0 unspecified atom stereocenters. The molecule has 0 radical (unpaired) electrons. The van der Waals surface area contributed by atoms with Crippen molar-refractivity contribution < 1.29 is 14.6 Å². The fourth-order valence-electron chi connectivity index (χ4n) is 1.39. The third kappa shape index (κ3) is 11.5. The van der Waals surface area contributed by atoms with Gasteiger partial charge in [0.05, 0.1) is 6.10 Å². The quantitative estimate of drug-likeness (QED) is 0.540. The Balaban J connectivity index is 3.35. The molecule has 1 N–H and O–H groups in total. The second-order valence-corrected chi connectivity index (χ2v) is 5.65. The van der Waals surface area contributed by atoms with Crippen LogP contribution in [0.1, 0.15) is 59.8 Å². The van der Waals surface area contributed by atoms with Gasteiger partial charge < -0.3 is 9.84 Å². The monoisotopic (exact) mass is 230 g/mol. The Bertz CT molecular complexity index is 192. The van der Waals surface area contributed by atoms with E-state index in [-0.39, 0.29) is 12.6 Å². The Hall–Kier alpha value is -0.570. The Kier molecular flexibility index (Phi) is 7.39. The van der Waals surface area contributed by atoms with E-state index in [4.69, 9.17) is 9.84 Å². The summed E-state index contributed by atoms with van der Waals surface area (Å²) >= 11 is 0. The van der Waals surface area contributed by atoms with Crippen molar-refractivity contribution in [3.05, 3.63) is 0 Å². The highest BCUT2D eigenvalue weighted by Gasteiger charge is 2.09. The number of aliphatic hydroxyl groups is 1. The van der Waals surface area contributed by atoms with Crippen molar-refractivity contribution in [2.24, 2.45) is 5.41 Å². The van der Waals surface area contributed by atoms with Gasteiger partial charge in [0.25, 0.3) is 0 Å². The molecule has 0 heterocycles. The predicted molar refractivity (Wildman–Crippen MR) is 65.2 cm³/mol. The molecule has 0 bridgehead atoms.